The third-order valence-electron chi connectivity index (χ3n) is 4.38. The SMILES string of the molecule is COc1ccc(OC)c(Nc2ccnc(C(=O)NCc3ccccc3C)c2)c1. The van der Waals surface area contributed by atoms with Crippen molar-refractivity contribution in [1.29, 1.82) is 0 Å². The number of rotatable bonds is 7. The molecule has 0 radical (unpaired) electrons. The van der Waals surface area contributed by atoms with Gasteiger partial charge in [-0.05, 0) is 42.3 Å². The van der Waals surface area contributed by atoms with Crippen molar-refractivity contribution < 1.29 is 14.3 Å². The Morgan fingerprint density at radius 3 is 2.61 bits per heavy atom. The Morgan fingerprint density at radius 2 is 1.86 bits per heavy atom. The van der Waals surface area contributed by atoms with E-state index in [0.29, 0.717) is 23.7 Å². The van der Waals surface area contributed by atoms with Crippen LogP contribution in [0.4, 0.5) is 11.4 Å². The average molecular weight is 377 g/mol. The van der Waals surface area contributed by atoms with E-state index >= 15 is 0 Å². The van der Waals surface area contributed by atoms with E-state index in [1.54, 1.807) is 32.5 Å². The minimum absolute atomic E-state index is 0.232. The predicted molar refractivity (Wildman–Crippen MR) is 109 cm³/mol. The van der Waals surface area contributed by atoms with E-state index < -0.39 is 0 Å². The van der Waals surface area contributed by atoms with E-state index in [0.717, 1.165) is 22.5 Å². The second-order valence-corrected chi connectivity index (χ2v) is 6.23. The third kappa shape index (κ3) is 4.59. The van der Waals surface area contributed by atoms with Gasteiger partial charge in [-0.2, -0.15) is 0 Å². The van der Waals surface area contributed by atoms with Gasteiger partial charge in [0.2, 0.25) is 0 Å². The maximum atomic E-state index is 12.5. The first-order valence-electron chi connectivity index (χ1n) is 8.88. The quantitative estimate of drug-likeness (QED) is 0.649. The molecule has 144 valence electrons. The highest BCUT2D eigenvalue weighted by molar-refractivity contribution is 5.93. The van der Waals surface area contributed by atoms with Gasteiger partial charge in [-0.1, -0.05) is 24.3 Å². The normalized spacial score (nSPS) is 10.2. The summed E-state index contributed by atoms with van der Waals surface area (Å²) in [5, 5.41) is 6.17. The number of hydrogen-bond donors (Lipinski definition) is 2. The highest BCUT2D eigenvalue weighted by atomic mass is 16.5. The van der Waals surface area contributed by atoms with Gasteiger partial charge in [0.15, 0.2) is 0 Å². The van der Waals surface area contributed by atoms with E-state index in [-0.39, 0.29) is 5.91 Å². The van der Waals surface area contributed by atoms with Crippen molar-refractivity contribution in [2.45, 2.75) is 13.5 Å². The van der Waals surface area contributed by atoms with Crippen molar-refractivity contribution in [3.8, 4) is 11.5 Å². The molecule has 3 aromatic rings. The summed E-state index contributed by atoms with van der Waals surface area (Å²) in [7, 11) is 3.21. The van der Waals surface area contributed by atoms with Crippen LogP contribution in [0.1, 0.15) is 21.6 Å². The zero-order chi connectivity index (χ0) is 19.9. The molecule has 0 aliphatic carbocycles. The van der Waals surface area contributed by atoms with Gasteiger partial charge < -0.3 is 20.1 Å². The van der Waals surface area contributed by atoms with Gasteiger partial charge in [-0.25, -0.2) is 0 Å². The average Bonchev–Trinajstić information content (AvgIpc) is 2.73. The van der Waals surface area contributed by atoms with Crippen molar-refractivity contribution >= 4 is 17.3 Å². The van der Waals surface area contributed by atoms with E-state index in [1.165, 1.54) is 0 Å². The molecule has 0 spiro atoms. The number of carbonyl (C=O) groups excluding carboxylic acids is 1. The Labute approximate surface area is 164 Å². The fraction of sp³-hybridized carbons (Fsp3) is 0.182. The van der Waals surface area contributed by atoms with Gasteiger partial charge in [0.25, 0.3) is 5.91 Å². The summed E-state index contributed by atoms with van der Waals surface area (Å²) < 4.78 is 10.6. The predicted octanol–water partition coefficient (Wildman–Crippen LogP) is 4.08. The zero-order valence-electron chi connectivity index (χ0n) is 16.2. The van der Waals surface area contributed by atoms with Crippen LogP contribution in [0.15, 0.2) is 60.8 Å². The molecular weight excluding hydrogens is 354 g/mol. The molecule has 0 saturated heterocycles. The topological polar surface area (TPSA) is 72.5 Å². The fourth-order valence-corrected chi connectivity index (χ4v) is 2.77. The molecule has 2 N–H and O–H groups in total. The largest absolute Gasteiger partial charge is 0.497 e. The van der Waals surface area contributed by atoms with E-state index in [9.17, 15) is 4.79 Å². The Balaban J connectivity index is 1.73. The molecule has 0 aliphatic rings. The number of benzene rings is 2. The summed E-state index contributed by atoms with van der Waals surface area (Å²) in [5.41, 5.74) is 4.00. The summed E-state index contributed by atoms with van der Waals surface area (Å²) in [4.78, 5) is 16.7. The summed E-state index contributed by atoms with van der Waals surface area (Å²) in [5.74, 6) is 1.14. The van der Waals surface area contributed by atoms with Crippen LogP contribution in [0.5, 0.6) is 11.5 Å². The number of hydrogen-bond acceptors (Lipinski definition) is 5. The fourth-order valence-electron chi connectivity index (χ4n) is 2.77. The van der Waals surface area contributed by atoms with Crippen molar-refractivity contribution in [1.82, 2.24) is 10.3 Å². The molecule has 0 saturated carbocycles. The van der Waals surface area contributed by atoms with Gasteiger partial charge in [0, 0.05) is 24.5 Å². The van der Waals surface area contributed by atoms with Crippen molar-refractivity contribution in [2.24, 2.45) is 0 Å². The molecule has 1 amide bonds. The monoisotopic (exact) mass is 377 g/mol. The standard InChI is InChI=1S/C22H23N3O3/c1-15-6-4-5-7-16(15)14-24-22(26)20-12-17(10-11-23-20)25-19-13-18(27-2)8-9-21(19)28-3/h4-13H,14H2,1-3H3,(H,23,25)(H,24,26). The smallest absolute Gasteiger partial charge is 0.270 e. The van der Waals surface area contributed by atoms with Crippen LogP contribution in [0.3, 0.4) is 0 Å². The van der Waals surface area contributed by atoms with Crippen LogP contribution < -0.4 is 20.1 Å². The molecule has 2 aromatic carbocycles. The Hall–Kier alpha value is -3.54. The van der Waals surface area contributed by atoms with Crippen molar-refractivity contribution in [2.75, 3.05) is 19.5 Å². The van der Waals surface area contributed by atoms with E-state index in [1.807, 2.05) is 49.4 Å². The van der Waals surface area contributed by atoms with Crippen LogP contribution in [0, 0.1) is 6.92 Å². The Bertz CT molecular complexity index is 973. The van der Waals surface area contributed by atoms with Crippen LogP contribution >= 0.6 is 0 Å². The lowest BCUT2D eigenvalue weighted by Crippen LogP contribution is -2.24. The third-order valence-corrected chi connectivity index (χ3v) is 4.38. The maximum absolute atomic E-state index is 12.5. The first kappa shape index (κ1) is 19.2. The molecule has 1 aromatic heterocycles. The number of amides is 1. The molecule has 28 heavy (non-hydrogen) atoms. The van der Waals surface area contributed by atoms with Crippen molar-refractivity contribution in [3.05, 3.63) is 77.6 Å². The van der Waals surface area contributed by atoms with Crippen LogP contribution in [0.25, 0.3) is 0 Å². The highest BCUT2D eigenvalue weighted by Gasteiger charge is 2.10. The molecular formula is C22H23N3O3. The summed E-state index contributed by atoms with van der Waals surface area (Å²) >= 11 is 0. The molecule has 6 nitrogen and oxygen atoms in total. The number of anilines is 2. The summed E-state index contributed by atoms with van der Waals surface area (Å²) in [6.45, 7) is 2.47. The lowest BCUT2D eigenvalue weighted by atomic mass is 10.1. The van der Waals surface area contributed by atoms with Crippen LogP contribution in [-0.4, -0.2) is 25.1 Å². The maximum Gasteiger partial charge on any atom is 0.270 e. The number of nitrogens with one attached hydrogen (secondary N) is 2. The van der Waals surface area contributed by atoms with Crippen LogP contribution in [-0.2, 0) is 6.54 Å². The highest BCUT2D eigenvalue weighted by Crippen LogP contribution is 2.31. The molecule has 1 heterocycles. The number of nitrogens with zero attached hydrogens (tertiary/aromatic N) is 1. The van der Waals surface area contributed by atoms with Gasteiger partial charge in [-0.15, -0.1) is 0 Å². The van der Waals surface area contributed by atoms with Crippen molar-refractivity contribution in [3.63, 3.8) is 0 Å². The van der Waals surface area contributed by atoms with Gasteiger partial charge >= 0.3 is 0 Å². The molecule has 0 atom stereocenters. The number of aromatic nitrogens is 1. The number of pyridine rings is 1. The van der Waals surface area contributed by atoms with Crippen LogP contribution in [0.2, 0.25) is 0 Å². The minimum atomic E-state index is -0.232. The summed E-state index contributed by atoms with van der Waals surface area (Å²) in [6, 6.07) is 16.9. The molecule has 6 heteroatoms. The number of aryl methyl sites for hydroxylation is 1. The van der Waals surface area contributed by atoms with Gasteiger partial charge in [0.1, 0.15) is 17.2 Å². The zero-order valence-corrected chi connectivity index (χ0v) is 16.2. The Morgan fingerprint density at radius 1 is 1.04 bits per heavy atom. The molecule has 0 fully saturated rings. The first-order valence-corrected chi connectivity index (χ1v) is 8.88. The molecule has 0 bridgehead atoms. The van der Waals surface area contributed by atoms with Gasteiger partial charge in [0.05, 0.1) is 19.9 Å². The molecule has 0 aliphatic heterocycles. The van der Waals surface area contributed by atoms with E-state index in [2.05, 4.69) is 15.6 Å². The second-order valence-electron chi connectivity index (χ2n) is 6.23. The number of ether oxygens (including phenoxy) is 2. The van der Waals surface area contributed by atoms with E-state index in [4.69, 9.17) is 9.47 Å². The lowest BCUT2D eigenvalue weighted by molar-refractivity contribution is 0.0946. The van der Waals surface area contributed by atoms with Gasteiger partial charge in [-0.3, -0.25) is 9.78 Å². The summed E-state index contributed by atoms with van der Waals surface area (Å²) in [6.07, 6.45) is 1.59. The minimum Gasteiger partial charge on any atom is -0.497 e. The Kier molecular flexibility index (Phi) is 6.11. The number of methoxy groups -OCH3 is 2. The first-order chi connectivity index (χ1) is 13.6. The molecule has 3 rings (SSSR count). The number of carbonyl (C=O) groups is 1. The second kappa shape index (κ2) is 8.90. The lowest BCUT2D eigenvalue weighted by Gasteiger charge is -2.13. The molecule has 0 unspecified atom stereocenters.